The van der Waals surface area contributed by atoms with Gasteiger partial charge in [0.1, 0.15) is 6.07 Å². The van der Waals surface area contributed by atoms with Crippen LogP contribution in [0.25, 0.3) is 5.57 Å². The van der Waals surface area contributed by atoms with Crippen molar-refractivity contribution in [2.24, 2.45) is 0 Å². The number of allylic oxidation sites excluding steroid dienone is 1. The van der Waals surface area contributed by atoms with Gasteiger partial charge in [0.25, 0.3) is 0 Å². The van der Waals surface area contributed by atoms with Crippen LogP contribution in [-0.4, -0.2) is 18.2 Å². The molecule has 1 aromatic rings. The van der Waals surface area contributed by atoms with Crippen molar-refractivity contribution >= 4 is 11.5 Å². The lowest BCUT2D eigenvalue weighted by molar-refractivity contribution is -0.131. The first-order valence-electron chi connectivity index (χ1n) is 4.27. The van der Waals surface area contributed by atoms with Crippen molar-refractivity contribution in [3.8, 4) is 11.8 Å². The highest BCUT2D eigenvalue weighted by atomic mass is 19.1. The zero-order valence-electron chi connectivity index (χ0n) is 8.40. The maximum Gasteiger partial charge on any atom is 0.329 e. The summed E-state index contributed by atoms with van der Waals surface area (Å²) in [5, 5.41) is 17.2. The fourth-order valence-electron chi connectivity index (χ4n) is 1.14. The summed E-state index contributed by atoms with van der Waals surface area (Å²) in [5.74, 6) is -1.87. The van der Waals surface area contributed by atoms with E-state index in [-0.39, 0.29) is 16.9 Å². The molecule has 82 valence electrons. The molecule has 0 aromatic heterocycles. The van der Waals surface area contributed by atoms with Gasteiger partial charge in [-0.05, 0) is 23.8 Å². The molecule has 0 unspecified atom stereocenters. The Morgan fingerprint density at radius 1 is 1.62 bits per heavy atom. The van der Waals surface area contributed by atoms with E-state index in [0.717, 1.165) is 12.1 Å². The van der Waals surface area contributed by atoms with Crippen LogP contribution in [-0.2, 0) is 4.79 Å². The molecule has 0 aliphatic heterocycles. The molecule has 5 heteroatoms. The molecule has 0 saturated carbocycles. The fourth-order valence-corrected chi connectivity index (χ4v) is 1.14. The SMILES string of the molecule is COc1ccc(C(C#N)=CC(=O)O)cc1F. The van der Waals surface area contributed by atoms with Crippen LogP contribution in [0, 0.1) is 17.1 Å². The minimum absolute atomic E-state index is 0.0383. The Kier molecular flexibility index (Phi) is 3.62. The number of halogens is 1. The Balaban J connectivity index is 3.19. The second-order valence-electron chi connectivity index (χ2n) is 2.86. The van der Waals surface area contributed by atoms with Gasteiger partial charge in [-0.3, -0.25) is 0 Å². The highest BCUT2D eigenvalue weighted by molar-refractivity contribution is 5.94. The van der Waals surface area contributed by atoms with Crippen LogP contribution >= 0.6 is 0 Å². The number of hydrogen-bond donors (Lipinski definition) is 1. The molecule has 1 rings (SSSR count). The smallest absolute Gasteiger partial charge is 0.329 e. The van der Waals surface area contributed by atoms with E-state index in [9.17, 15) is 9.18 Å². The summed E-state index contributed by atoms with van der Waals surface area (Å²) in [4.78, 5) is 10.4. The molecule has 0 heterocycles. The number of carboxylic acids is 1. The Morgan fingerprint density at radius 3 is 2.75 bits per heavy atom. The minimum atomic E-state index is -1.26. The maximum absolute atomic E-state index is 13.3. The Labute approximate surface area is 91.2 Å². The van der Waals surface area contributed by atoms with Crippen LogP contribution in [0.1, 0.15) is 5.56 Å². The molecular weight excluding hydrogens is 213 g/mol. The third-order valence-corrected chi connectivity index (χ3v) is 1.85. The highest BCUT2D eigenvalue weighted by Gasteiger charge is 2.08. The van der Waals surface area contributed by atoms with Gasteiger partial charge in [-0.25, -0.2) is 9.18 Å². The second kappa shape index (κ2) is 4.94. The first-order chi connectivity index (χ1) is 7.58. The van der Waals surface area contributed by atoms with E-state index < -0.39 is 11.8 Å². The van der Waals surface area contributed by atoms with Crippen LogP contribution in [0.4, 0.5) is 4.39 Å². The van der Waals surface area contributed by atoms with Crippen LogP contribution in [0.3, 0.4) is 0 Å². The number of hydrogen-bond acceptors (Lipinski definition) is 3. The van der Waals surface area contributed by atoms with E-state index in [1.54, 1.807) is 6.07 Å². The molecule has 0 radical (unpaired) electrons. The van der Waals surface area contributed by atoms with E-state index in [0.29, 0.717) is 0 Å². The highest BCUT2D eigenvalue weighted by Crippen LogP contribution is 2.22. The maximum atomic E-state index is 13.3. The molecule has 0 fully saturated rings. The van der Waals surface area contributed by atoms with Crippen molar-refractivity contribution in [3.63, 3.8) is 0 Å². The predicted molar refractivity (Wildman–Crippen MR) is 54.2 cm³/mol. The average molecular weight is 221 g/mol. The number of benzene rings is 1. The molecule has 0 aliphatic carbocycles. The fraction of sp³-hybridized carbons (Fsp3) is 0.0909. The predicted octanol–water partition coefficient (Wildman–Crippen LogP) is 1.83. The number of methoxy groups -OCH3 is 1. The van der Waals surface area contributed by atoms with Gasteiger partial charge in [0, 0.05) is 6.08 Å². The number of rotatable bonds is 3. The summed E-state index contributed by atoms with van der Waals surface area (Å²) in [5.41, 5.74) is 0.0808. The van der Waals surface area contributed by atoms with Gasteiger partial charge in [-0.2, -0.15) is 5.26 Å². The van der Waals surface area contributed by atoms with Gasteiger partial charge in [-0.15, -0.1) is 0 Å². The van der Waals surface area contributed by atoms with Crippen LogP contribution in [0.15, 0.2) is 24.3 Å². The quantitative estimate of drug-likeness (QED) is 0.624. The third kappa shape index (κ3) is 2.58. The standard InChI is InChI=1S/C11H8FNO3/c1-16-10-3-2-7(4-9(10)12)8(6-13)5-11(14)15/h2-5H,1H3,(H,14,15). The Bertz CT molecular complexity index is 488. The molecular formula is C11H8FNO3. The molecule has 0 saturated heterocycles. The number of carbonyl (C=O) groups is 1. The monoisotopic (exact) mass is 221 g/mol. The van der Waals surface area contributed by atoms with E-state index in [1.807, 2.05) is 0 Å². The van der Waals surface area contributed by atoms with Gasteiger partial charge in [0.05, 0.1) is 12.7 Å². The van der Waals surface area contributed by atoms with Crippen LogP contribution in [0.5, 0.6) is 5.75 Å². The van der Waals surface area contributed by atoms with Crippen molar-refractivity contribution in [2.75, 3.05) is 7.11 Å². The first-order valence-corrected chi connectivity index (χ1v) is 4.27. The zero-order chi connectivity index (χ0) is 12.1. The van der Waals surface area contributed by atoms with E-state index in [1.165, 1.54) is 19.2 Å². The second-order valence-corrected chi connectivity index (χ2v) is 2.86. The molecule has 0 bridgehead atoms. The topological polar surface area (TPSA) is 70.3 Å². The normalized spacial score (nSPS) is 10.7. The van der Waals surface area contributed by atoms with Crippen molar-refractivity contribution in [2.45, 2.75) is 0 Å². The summed E-state index contributed by atoms with van der Waals surface area (Å²) >= 11 is 0. The molecule has 16 heavy (non-hydrogen) atoms. The van der Waals surface area contributed by atoms with Crippen molar-refractivity contribution in [1.29, 1.82) is 5.26 Å². The van der Waals surface area contributed by atoms with Gasteiger partial charge in [-0.1, -0.05) is 0 Å². The summed E-state index contributed by atoms with van der Waals surface area (Å²) in [6.07, 6.45) is 0.723. The first kappa shape index (κ1) is 11.7. The summed E-state index contributed by atoms with van der Waals surface area (Å²) in [6.45, 7) is 0. The summed E-state index contributed by atoms with van der Waals surface area (Å²) in [7, 11) is 1.32. The Hall–Kier alpha value is -2.35. The molecule has 0 spiro atoms. The molecule has 0 amide bonds. The van der Waals surface area contributed by atoms with E-state index in [4.69, 9.17) is 15.1 Å². The molecule has 4 nitrogen and oxygen atoms in total. The number of carboxylic acid groups (broad SMARTS) is 1. The number of nitriles is 1. The summed E-state index contributed by atoms with van der Waals surface area (Å²) < 4.78 is 18.0. The lowest BCUT2D eigenvalue weighted by Gasteiger charge is -2.03. The van der Waals surface area contributed by atoms with Gasteiger partial charge < -0.3 is 9.84 Å². The van der Waals surface area contributed by atoms with Crippen LogP contribution in [0.2, 0.25) is 0 Å². The minimum Gasteiger partial charge on any atom is -0.494 e. The van der Waals surface area contributed by atoms with Gasteiger partial charge in [0.2, 0.25) is 0 Å². The zero-order valence-corrected chi connectivity index (χ0v) is 8.40. The Morgan fingerprint density at radius 2 is 2.31 bits per heavy atom. The lowest BCUT2D eigenvalue weighted by Crippen LogP contribution is -1.93. The largest absolute Gasteiger partial charge is 0.494 e. The molecule has 0 atom stereocenters. The van der Waals surface area contributed by atoms with E-state index >= 15 is 0 Å². The molecule has 1 N–H and O–H groups in total. The lowest BCUT2D eigenvalue weighted by atomic mass is 10.1. The number of nitrogens with zero attached hydrogens (tertiary/aromatic N) is 1. The molecule has 1 aromatic carbocycles. The molecule has 0 aliphatic rings. The van der Waals surface area contributed by atoms with E-state index in [2.05, 4.69) is 0 Å². The van der Waals surface area contributed by atoms with Crippen LogP contribution < -0.4 is 4.74 Å². The van der Waals surface area contributed by atoms with Gasteiger partial charge in [0.15, 0.2) is 11.6 Å². The average Bonchev–Trinajstić information content (AvgIpc) is 2.25. The van der Waals surface area contributed by atoms with Crippen molar-refractivity contribution < 1.29 is 19.0 Å². The van der Waals surface area contributed by atoms with Crippen molar-refractivity contribution in [3.05, 3.63) is 35.7 Å². The number of aliphatic carboxylic acids is 1. The van der Waals surface area contributed by atoms with Crippen molar-refractivity contribution in [1.82, 2.24) is 0 Å². The summed E-state index contributed by atoms with van der Waals surface area (Å²) in [6, 6.07) is 5.49. The number of ether oxygens (including phenoxy) is 1. The third-order valence-electron chi connectivity index (χ3n) is 1.85. The van der Waals surface area contributed by atoms with Gasteiger partial charge >= 0.3 is 5.97 Å².